The van der Waals surface area contributed by atoms with E-state index in [-0.39, 0.29) is 23.7 Å². The number of rotatable bonds is 3. The van der Waals surface area contributed by atoms with Gasteiger partial charge in [0.15, 0.2) is 0 Å². The van der Waals surface area contributed by atoms with Gasteiger partial charge in [0.25, 0.3) is 5.91 Å². The minimum Gasteiger partial charge on any atom is -0.394 e. The number of amides is 1. The summed E-state index contributed by atoms with van der Waals surface area (Å²) in [6.45, 7) is 1.62. The zero-order valence-corrected chi connectivity index (χ0v) is 8.45. The number of pyridine rings is 1. The fraction of sp³-hybridized carbons (Fsp3) is 0.333. The molecule has 0 unspecified atom stereocenters. The zero-order valence-electron chi connectivity index (χ0n) is 7.70. The topological polar surface area (TPSA) is 62.2 Å². The Morgan fingerprint density at radius 1 is 1.79 bits per heavy atom. The van der Waals surface area contributed by atoms with Crippen LogP contribution in [0.4, 0.5) is 0 Å². The fourth-order valence-electron chi connectivity index (χ4n) is 0.896. The summed E-state index contributed by atoms with van der Waals surface area (Å²) in [7, 11) is 0. The van der Waals surface area contributed by atoms with Gasteiger partial charge in [0.1, 0.15) is 5.15 Å². The Bertz CT molecular complexity index is 330. The molecule has 0 saturated carbocycles. The number of nitrogens with one attached hydrogen (secondary N) is 1. The molecule has 0 aliphatic rings. The maximum absolute atomic E-state index is 11.5. The lowest BCUT2D eigenvalue weighted by Crippen LogP contribution is -2.34. The molecule has 0 aromatic carbocycles. The van der Waals surface area contributed by atoms with Crippen LogP contribution in [0.25, 0.3) is 0 Å². The molecule has 0 saturated heterocycles. The third kappa shape index (κ3) is 2.97. The molecule has 5 heteroatoms. The van der Waals surface area contributed by atoms with Crippen LogP contribution >= 0.6 is 11.6 Å². The van der Waals surface area contributed by atoms with Crippen molar-refractivity contribution in [3.8, 4) is 0 Å². The fourth-order valence-corrected chi connectivity index (χ4v) is 1.07. The molecular formula is C9H11ClN2O2. The van der Waals surface area contributed by atoms with Crippen LogP contribution in [0.2, 0.25) is 5.15 Å². The summed E-state index contributed by atoms with van der Waals surface area (Å²) in [6.07, 6.45) is 1.46. The Balaban J connectivity index is 2.70. The molecule has 0 bridgehead atoms. The van der Waals surface area contributed by atoms with Crippen LogP contribution in [0.3, 0.4) is 0 Å². The Morgan fingerprint density at radius 2 is 2.50 bits per heavy atom. The molecule has 76 valence electrons. The minimum absolute atomic E-state index is 0.0927. The second-order valence-electron chi connectivity index (χ2n) is 2.92. The van der Waals surface area contributed by atoms with Gasteiger partial charge in [0.05, 0.1) is 6.61 Å². The lowest BCUT2D eigenvalue weighted by molar-refractivity contribution is 0.0922. The molecular weight excluding hydrogens is 204 g/mol. The highest BCUT2D eigenvalue weighted by molar-refractivity contribution is 6.29. The van der Waals surface area contributed by atoms with Crippen LogP contribution in [0.5, 0.6) is 0 Å². The van der Waals surface area contributed by atoms with Crippen molar-refractivity contribution in [3.63, 3.8) is 0 Å². The molecule has 0 radical (unpaired) electrons. The second-order valence-corrected chi connectivity index (χ2v) is 3.31. The van der Waals surface area contributed by atoms with Crippen LogP contribution in [-0.4, -0.2) is 28.6 Å². The molecule has 0 aliphatic heterocycles. The molecule has 2 N–H and O–H groups in total. The van der Waals surface area contributed by atoms with Gasteiger partial charge >= 0.3 is 0 Å². The van der Waals surface area contributed by atoms with Crippen molar-refractivity contribution in [3.05, 3.63) is 29.0 Å². The summed E-state index contributed by atoms with van der Waals surface area (Å²) in [6, 6.07) is 2.76. The first-order chi connectivity index (χ1) is 6.63. The molecule has 0 aliphatic carbocycles. The van der Waals surface area contributed by atoms with Gasteiger partial charge in [-0.25, -0.2) is 4.98 Å². The standard InChI is InChI=1S/C9H11ClN2O2/c1-6(5-13)12-9(14)7-2-3-11-8(10)4-7/h2-4,6,13H,5H2,1H3,(H,12,14)/t6-/m0/s1. The third-order valence-electron chi connectivity index (χ3n) is 1.64. The molecule has 1 aromatic heterocycles. The number of aromatic nitrogens is 1. The molecule has 0 fully saturated rings. The highest BCUT2D eigenvalue weighted by Crippen LogP contribution is 2.06. The van der Waals surface area contributed by atoms with Crippen molar-refractivity contribution >= 4 is 17.5 Å². The van der Waals surface area contributed by atoms with Gasteiger partial charge in [-0.3, -0.25) is 4.79 Å². The zero-order chi connectivity index (χ0) is 10.6. The smallest absolute Gasteiger partial charge is 0.251 e. The maximum Gasteiger partial charge on any atom is 0.251 e. The van der Waals surface area contributed by atoms with Crippen LogP contribution in [0.15, 0.2) is 18.3 Å². The van der Waals surface area contributed by atoms with E-state index in [1.807, 2.05) is 0 Å². The van der Waals surface area contributed by atoms with E-state index in [1.54, 1.807) is 13.0 Å². The molecule has 1 aromatic rings. The summed E-state index contributed by atoms with van der Waals surface area (Å²) in [5.74, 6) is -0.268. The van der Waals surface area contributed by atoms with Crippen LogP contribution < -0.4 is 5.32 Å². The van der Waals surface area contributed by atoms with E-state index in [0.29, 0.717) is 5.56 Å². The van der Waals surface area contributed by atoms with Crippen molar-refractivity contribution in [2.45, 2.75) is 13.0 Å². The van der Waals surface area contributed by atoms with E-state index in [0.717, 1.165) is 0 Å². The van der Waals surface area contributed by atoms with Gasteiger partial charge in [0, 0.05) is 17.8 Å². The van der Waals surface area contributed by atoms with E-state index in [1.165, 1.54) is 12.3 Å². The van der Waals surface area contributed by atoms with Gasteiger partial charge in [-0.1, -0.05) is 11.6 Å². The van der Waals surface area contributed by atoms with Gasteiger partial charge in [0.2, 0.25) is 0 Å². The first kappa shape index (κ1) is 10.9. The number of hydrogen-bond donors (Lipinski definition) is 2. The first-order valence-electron chi connectivity index (χ1n) is 4.16. The van der Waals surface area contributed by atoms with E-state index in [9.17, 15) is 4.79 Å². The van der Waals surface area contributed by atoms with E-state index >= 15 is 0 Å². The molecule has 4 nitrogen and oxygen atoms in total. The van der Waals surface area contributed by atoms with Crippen molar-refractivity contribution in [1.29, 1.82) is 0 Å². The number of aliphatic hydroxyl groups is 1. The van der Waals surface area contributed by atoms with Crippen LogP contribution in [0.1, 0.15) is 17.3 Å². The molecule has 14 heavy (non-hydrogen) atoms. The van der Waals surface area contributed by atoms with Gasteiger partial charge < -0.3 is 10.4 Å². The van der Waals surface area contributed by atoms with Crippen molar-refractivity contribution in [1.82, 2.24) is 10.3 Å². The van der Waals surface area contributed by atoms with Gasteiger partial charge in [-0.05, 0) is 19.1 Å². The molecule has 1 amide bonds. The number of carbonyl (C=O) groups is 1. The Morgan fingerprint density at radius 3 is 3.07 bits per heavy atom. The predicted octanol–water partition coefficient (Wildman–Crippen LogP) is 0.846. The second kappa shape index (κ2) is 4.93. The van der Waals surface area contributed by atoms with Crippen molar-refractivity contribution < 1.29 is 9.90 Å². The Kier molecular flexibility index (Phi) is 3.85. The highest BCUT2D eigenvalue weighted by atomic mass is 35.5. The highest BCUT2D eigenvalue weighted by Gasteiger charge is 2.08. The summed E-state index contributed by atoms with van der Waals surface area (Å²) in [5.41, 5.74) is 0.435. The number of nitrogens with zero attached hydrogens (tertiary/aromatic N) is 1. The number of aliphatic hydroxyl groups excluding tert-OH is 1. The van der Waals surface area contributed by atoms with Crippen molar-refractivity contribution in [2.24, 2.45) is 0 Å². The molecule has 1 atom stereocenters. The van der Waals surface area contributed by atoms with Gasteiger partial charge in [-0.15, -0.1) is 0 Å². The maximum atomic E-state index is 11.5. The SMILES string of the molecule is C[C@@H](CO)NC(=O)c1ccnc(Cl)c1. The number of halogens is 1. The van der Waals surface area contributed by atoms with E-state index < -0.39 is 0 Å². The third-order valence-corrected chi connectivity index (χ3v) is 1.85. The average molecular weight is 215 g/mol. The summed E-state index contributed by atoms with van der Waals surface area (Å²) in [5, 5.41) is 11.6. The predicted molar refractivity (Wildman–Crippen MR) is 53.3 cm³/mol. The molecule has 1 rings (SSSR count). The van der Waals surface area contributed by atoms with E-state index in [2.05, 4.69) is 10.3 Å². The lowest BCUT2D eigenvalue weighted by Gasteiger charge is -2.10. The largest absolute Gasteiger partial charge is 0.394 e. The normalized spacial score (nSPS) is 12.2. The van der Waals surface area contributed by atoms with Gasteiger partial charge in [-0.2, -0.15) is 0 Å². The number of carbonyl (C=O) groups excluding carboxylic acids is 1. The lowest BCUT2D eigenvalue weighted by atomic mass is 10.2. The average Bonchev–Trinajstić information content (AvgIpc) is 2.17. The number of hydrogen-bond acceptors (Lipinski definition) is 3. The Labute approximate surface area is 86.9 Å². The summed E-state index contributed by atoms with van der Waals surface area (Å²) in [4.78, 5) is 15.2. The summed E-state index contributed by atoms with van der Waals surface area (Å²) < 4.78 is 0. The van der Waals surface area contributed by atoms with Crippen LogP contribution in [0, 0.1) is 0 Å². The first-order valence-corrected chi connectivity index (χ1v) is 4.54. The Hall–Kier alpha value is -1.13. The molecule has 0 spiro atoms. The molecule has 1 heterocycles. The van der Waals surface area contributed by atoms with E-state index in [4.69, 9.17) is 16.7 Å². The monoisotopic (exact) mass is 214 g/mol. The van der Waals surface area contributed by atoms with Crippen molar-refractivity contribution in [2.75, 3.05) is 6.61 Å². The quantitative estimate of drug-likeness (QED) is 0.734. The van der Waals surface area contributed by atoms with Crippen LogP contribution in [-0.2, 0) is 0 Å². The summed E-state index contributed by atoms with van der Waals surface area (Å²) >= 11 is 5.62. The minimum atomic E-state index is -0.269.